The van der Waals surface area contributed by atoms with Gasteiger partial charge in [0, 0.05) is 24.1 Å². The van der Waals surface area contributed by atoms with Gasteiger partial charge in [-0.3, -0.25) is 20.4 Å². The van der Waals surface area contributed by atoms with Gasteiger partial charge >= 0.3 is 0 Å². The Morgan fingerprint density at radius 1 is 1.44 bits per heavy atom. The molecule has 0 aliphatic rings. The molecule has 88 valence electrons. The molecule has 0 radical (unpaired) electrons. The first-order chi connectivity index (χ1) is 7.54. The molecule has 1 rings (SSSR count). The van der Waals surface area contributed by atoms with Crippen LogP contribution in [-0.4, -0.2) is 16.4 Å². The average molecular weight is 288 g/mol. The summed E-state index contributed by atoms with van der Waals surface area (Å²) < 4.78 is 2.49. The Morgan fingerprint density at radius 2 is 2.12 bits per heavy atom. The molecule has 2 amide bonds. The molecule has 0 bridgehead atoms. The summed E-state index contributed by atoms with van der Waals surface area (Å²) in [4.78, 5) is 22.7. The molecule has 0 unspecified atom stereocenters. The van der Waals surface area contributed by atoms with E-state index in [0.717, 1.165) is 10.9 Å². The normalized spacial score (nSPS) is 9.94. The first-order valence-corrected chi connectivity index (χ1v) is 5.75. The maximum absolute atomic E-state index is 11.6. The highest BCUT2D eigenvalue weighted by molar-refractivity contribution is 9.10. The summed E-state index contributed by atoms with van der Waals surface area (Å²) in [6, 6.07) is 1.68. The second-order valence-corrected chi connectivity index (χ2v) is 4.32. The van der Waals surface area contributed by atoms with Crippen molar-refractivity contribution in [1.29, 1.82) is 0 Å². The highest BCUT2D eigenvalue weighted by Crippen LogP contribution is 2.13. The fourth-order valence-electron chi connectivity index (χ4n) is 1.23. The molecule has 0 aromatic carbocycles. The van der Waals surface area contributed by atoms with Gasteiger partial charge in [0.15, 0.2) is 0 Å². The molecule has 16 heavy (non-hydrogen) atoms. The van der Waals surface area contributed by atoms with Gasteiger partial charge in [0.1, 0.15) is 5.69 Å². The maximum Gasteiger partial charge on any atom is 0.286 e. The molecule has 1 aromatic heterocycles. The number of rotatable bonds is 3. The number of halogens is 1. The predicted octanol–water partition coefficient (Wildman–Crippen LogP) is 1.35. The molecule has 0 spiro atoms. The van der Waals surface area contributed by atoms with Crippen LogP contribution < -0.4 is 10.9 Å². The second-order valence-electron chi connectivity index (χ2n) is 3.41. The molecule has 0 fully saturated rings. The molecular formula is C10H14BrN3O2. The fourth-order valence-corrected chi connectivity index (χ4v) is 1.75. The van der Waals surface area contributed by atoms with Gasteiger partial charge in [0.05, 0.1) is 0 Å². The van der Waals surface area contributed by atoms with E-state index in [-0.39, 0.29) is 11.8 Å². The number of hydrogen-bond acceptors (Lipinski definition) is 2. The van der Waals surface area contributed by atoms with Gasteiger partial charge in [-0.05, 0) is 28.4 Å². The molecule has 0 atom stereocenters. The molecule has 0 aliphatic carbocycles. The van der Waals surface area contributed by atoms with Crippen LogP contribution in [0.2, 0.25) is 0 Å². The minimum absolute atomic E-state index is 0.191. The number of carbonyl (C=O) groups is 2. The maximum atomic E-state index is 11.6. The topological polar surface area (TPSA) is 63.1 Å². The quantitative estimate of drug-likeness (QED) is 0.825. The fraction of sp³-hybridized carbons (Fsp3) is 0.400. The Hall–Kier alpha value is -1.30. The lowest BCUT2D eigenvalue weighted by Crippen LogP contribution is -2.42. The lowest BCUT2D eigenvalue weighted by atomic mass is 10.3. The van der Waals surface area contributed by atoms with Crippen molar-refractivity contribution in [2.45, 2.75) is 19.8 Å². The number of amides is 2. The van der Waals surface area contributed by atoms with E-state index < -0.39 is 0 Å². The molecule has 5 nitrogen and oxygen atoms in total. The molecule has 0 aliphatic heterocycles. The summed E-state index contributed by atoms with van der Waals surface area (Å²) in [6.07, 6.45) is 2.91. The molecule has 0 saturated carbocycles. The highest BCUT2D eigenvalue weighted by Gasteiger charge is 2.11. The minimum Gasteiger partial charge on any atom is -0.345 e. The lowest BCUT2D eigenvalue weighted by Gasteiger charge is -2.06. The minimum atomic E-state index is -0.336. The Kier molecular flexibility index (Phi) is 4.54. The summed E-state index contributed by atoms with van der Waals surface area (Å²) >= 11 is 3.27. The molecular weight excluding hydrogens is 274 g/mol. The lowest BCUT2D eigenvalue weighted by molar-refractivity contribution is -0.121. The summed E-state index contributed by atoms with van der Waals surface area (Å²) in [6.45, 7) is 1.90. The van der Waals surface area contributed by atoms with Crippen molar-refractivity contribution in [3.05, 3.63) is 22.4 Å². The third kappa shape index (κ3) is 3.37. The van der Waals surface area contributed by atoms with Crippen molar-refractivity contribution in [2.75, 3.05) is 0 Å². The first kappa shape index (κ1) is 12.8. The monoisotopic (exact) mass is 287 g/mol. The van der Waals surface area contributed by atoms with Crippen molar-refractivity contribution in [3.63, 3.8) is 0 Å². The van der Waals surface area contributed by atoms with Crippen LogP contribution in [0.4, 0.5) is 0 Å². The summed E-state index contributed by atoms with van der Waals surface area (Å²) in [5, 5.41) is 0. The van der Waals surface area contributed by atoms with Crippen molar-refractivity contribution < 1.29 is 9.59 Å². The van der Waals surface area contributed by atoms with Crippen LogP contribution in [0, 0.1) is 0 Å². The van der Waals surface area contributed by atoms with Crippen LogP contribution in [0.25, 0.3) is 0 Å². The Balaban J connectivity index is 2.53. The van der Waals surface area contributed by atoms with E-state index in [9.17, 15) is 9.59 Å². The van der Waals surface area contributed by atoms with E-state index in [0.29, 0.717) is 12.1 Å². The zero-order chi connectivity index (χ0) is 12.1. The average Bonchev–Trinajstić information content (AvgIpc) is 2.55. The Bertz CT molecular complexity index is 401. The standard InChI is InChI=1S/C10H14BrN3O2/c1-3-4-9(15)12-13-10(16)8-5-7(11)6-14(8)2/h5-6H,3-4H2,1-2H3,(H,12,15)(H,13,16). The van der Waals surface area contributed by atoms with Gasteiger partial charge in [-0.25, -0.2) is 0 Å². The van der Waals surface area contributed by atoms with Crippen LogP contribution in [-0.2, 0) is 11.8 Å². The molecule has 1 heterocycles. The van der Waals surface area contributed by atoms with Crippen LogP contribution in [0.5, 0.6) is 0 Å². The van der Waals surface area contributed by atoms with E-state index in [1.54, 1.807) is 23.9 Å². The van der Waals surface area contributed by atoms with Gasteiger partial charge in [0.25, 0.3) is 5.91 Å². The van der Waals surface area contributed by atoms with Crippen LogP contribution in [0.15, 0.2) is 16.7 Å². The number of carbonyl (C=O) groups excluding carboxylic acids is 2. The number of nitrogens with one attached hydrogen (secondary N) is 2. The molecule has 1 aromatic rings. The highest BCUT2D eigenvalue weighted by atomic mass is 79.9. The third-order valence-electron chi connectivity index (χ3n) is 2.00. The third-order valence-corrected chi connectivity index (χ3v) is 2.43. The van der Waals surface area contributed by atoms with Crippen molar-refractivity contribution in [3.8, 4) is 0 Å². The van der Waals surface area contributed by atoms with Crippen LogP contribution >= 0.6 is 15.9 Å². The van der Waals surface area contributed by atoms with Gasteiger partial charge in [-0.2, -0.15) is 0 Å². The van der Waals surface area contributed by atoms with Gasteiger partial charge < -0.3 is 4.57 Å². The van der Waals surface area contributed by atoms with Crippen molar-refractivity contribution >= 4 is 27.7 Å². The van der Waals surface area contributed by atoms with Crippen LogP contribution in [0.3, 0.4) is 0 Å². The zero-order valence-corrected chi connectivity index (χ0v) is 10.8. The number of aryl methyl sites for hydroxylation is 1. The predicted molar refractivity (Wildman–Crippen MR) is 63.6 cm³/mol. The van der Waals surface area contributed by atoms with Crippen LogP contribution in [0.1, 0.15) is 30.3 Å². The van der Waals surface area contributed by atoms with E-state index in [1.807, 2.05) is 6.92 Å². The number of hydrogen-bond donors (Lipinski definition) is 2. The summed E-state index contributed by atoms with van der Waals surface area (Å²) in [5.41, 5.74) is 5.18. The van der Waals surface area contributed by atoms with E-state index in [4.69, 9.17) is 0 Å². The molecule has 2 N–H and O–H groups in total. The smallest absolute Gasteiger partial charge is 0.286 e. The number of aromatic nitrogens is 1. The second kappa shape index (κ2) is 5.69. The molecule has 6 heteroatoms. The Labute approximate surface area is 102 Å². The van der Waals surface area contributed by atoms with E-state index in [2.05, 4.69) is 26.8 Å². The molecule has 0 saturated heterocycles. The summed E-state index contributed by atoms with van der Waals surface area (Å²) in [5.74, 6) is -0.526. The number of hydrazine groups is 1. The zero-order valence-electron chi connectivity index (χ0n) is 9.21. The number of nitrogens with zero attached hydrogens (tertiary/aromatic N) is 1. The summed E-state index contributed by atoms with van der Waals surface area (Å²) in [7, 11) is 1.76. The SMILES string of the molecule is CCCC(=O)NNC(=O)c1cc(Br)cn1C. The van der Waals surface area contributed by atoms with E-state index >= 15 is 0 Å². The van der Waals surface area contributed by atoms with Gasteiger partial charge in [-0.15, -0.1) is 0 Å². The first-order valence-electron chi connectivity index (χ1n) is 4.95. The van der Waals surface area contributed by atoms with Gasteiger partial charge in [-0.1, -0.05) is 6.92 Å². The Morgan fingerprint density at radius 3 is 2.62 bits per heavy atom. The van der Waals surface area contributed by atoms with Gasteiger partial charge in [0.2, 0.25) is 5.91 Å². The van der Waals surface area contributed by atoms with Crippen molar-refractivity contribution in [2.24, 2.45) is 7.05 Å². The largest absolute Gasteiger partial charge is 0.345 e. The van der Waals surface area contributed by atoms with Crippen molar-refractivity contribution in [1.82, 2.24) is 15.4 Å². The van der Waals surface area contributed by atoms with E-state index in [1.165, 1.54) is 0 Å².